The summed E-state index contributed by atoms with van der Waals surface area (Å²) in [7, 11) is 0. The lowest BCUT2D eigenvalue weighted by atomic mass is 10.1. The van der Waals surface area contributed by atoms with Crippen LogP contribution in [0.15, 0.2) is 23.6 Å². The predicted octanol–water partition coefficient (Wildman–Crippen LogP) is 3.06. The highest BCUT2D eigenvalue weighted by atomic mass is 32.1. The largest absolute Gasteiger partial charge is 0.483 e. The molecule has 3 nitrogen and oxygen atoms in total. The number of thiazole rings is 1. The zero-order chi connectivity index (χ0) is 13.8. The van der Waals surface area contributed by atoms with E-state index in [1.165, 1.54) is 17.4 Å². The van der Waals surface area contributed by atoms with Gasteiger partial charge in [0, 0.05) is 17.1 Å². The highest BCUT2D eigenvalue weighted by Crippen LogP contribution is 2.21. The molecule has 0 bridgehead atoms. The van der Waals surface area contributed by atoms with Gasteiger partial charge in [0.05, 0.1) is 0 Å². The maximum absolute atomic E-state index is 13.8. The first-order valence-corrected chi connectivity index (χ1v) is 7.00. The first-order valence-electron chi connectivity index (χ1n) is 6.12. The third kappa shape index (κ3) is 4.01. The molecule has 1 atom stereocenters. The molecule has 0 spiro atoms. The van der Waals surface area contributed by atoms with Crippen LogP contribution in [0.2, 0.25) is 0 Å². The van der Waals surface area contributed by atoms with Crippen molar-refractivity contribution in [1.82, 2.24) is 4.98 Å². The van der Waals surface area contributed by atoms with Crippen LogP contribution in [0.25, 0.3) is 0 Å². The Morgan fingerprint density at radius 2 is 2.26 bits per heavy atom. The standard InChI is InChI=1S/C14H17FN2OS/c1-9(16)5-11-3-4-13(12(15)6-11)18-7-14-17-10(2)8-19-14/h3-4,6,8-9H,5,7,16H2,1-2H3. The van der Waals surface area contributed by atoms with E-state index in [9.17, 15) is 4.39 Å². The zero-order valence-corrected chi connectivity index (χ0v) is 11.8. The summed E-state index contributed by atoms with van der Waals surface area (Å²) in [5.41, 5.74) is 7.52. The van der Waals surface area contributed by atoms with Crippen LogP contribution in [-0.2, 0) is 13.0 Å². The van der Waals surface area contributed by atoms with E-state index in [-0.39, 0.29) is 17.6 Å². The normalized spacial score (nSPS) is 12.4. The van der Waals surface area contributed by atoms with Gasteiger partial charge in [0.1, 0.15) is 11.6 Å². The summed E-state index contributed by atoms with van der Waals surface area (Å²) in [6.45, 7) is 4.11. The molecule has 2 rings (SSSR count). The molecule has 1 aromatic carbocycles. The quantitative estimate of drug-likeness (QED) is 0.915. The minimum Gasteiger partial charge on any atom is -0.483 e. The third-order valence-electron chi connectivity index (χ3n) is 2.57. The van der Waals surface area contributed by atoms with Crippen LogP contribution in [0, 0.1) is 12.7 Å². The van der Waals surface area contributed by atoms with Gasteiger partial charge in [0.2, 0.25) is 0 Å². The van der Waals surface area contributed by atoms with E-state index in [0.717, 1.165) is 16.3 Å². The smallest absolute Gasteiger partial charge is 0.165 e. The summed E-state index contributed by atoms with van der Waals surface area (Å²) in [5.74, 6) is -0.104. The monoisotopic (exact) mass is 280 g/mol. The van der Waals surface area contributed by atoms with Crippen molar-refractivity contribution in [3.05, 3.63) is 45.7 Å². The van der Waals surface area contributed by atoms with Crippen LogP contribution < -0.4 is 10.5 Å². The molecule has 1 aromatic heterocycles. The van der Waals surface area contributed by atoms with Crippen LogP contribution in [0.3, 0.4) is 0 Å². The van der Waals surface area contributed by atoms with Crippen LogP contribution in [0.5, 0.6) is 5.75 Å². The van der Waals surface area contributed by atoms with Gasteiger partial charge in [-0.15, -0.1) is 11.3 Å². The second kappa shape index (κ2) is 6.12. The Morgan fingerprint density at radius 3 is 2.84 bits per heavy atom. The topological polar surface area (TPSA) is 48.1 Å². The lowest BCUT2D eigenvalue weighted by Gasteiger charge is -2.09. The fourth-order valence-corrected chi connectivity index (χ4v) is 2.45. The van der Waals surface area contributed by atoms with Crippen molar-refractivity contribution in [3.63, 3.8) is 0 Å². The van der Waals surface area contributed by atoms with E-state index in [2.05, 4.69) is 4.98 Å². The average Bonchev–Trinajstić information content (AvgIpc) is 2.73. The van der Waals surface area contributed by atoms with Gasteiger partial charge in [-0.25, -0.2) is 9.37 Å². The van der Waals surface area contributed by atoms with Crippen molar-refractivity contribution < 1.29 is 9.13 Å². The van der Waals surface area contributed by atoms with Crippen molar-refractivity contribution in [2.75, 3.05) is 0 Å². The lowest BCUT2D eigenvalue weighted by molar-refractivity contribution is 0.289. The molecule has 0 aliphatic heterocycles. The molecule has 19 heavy (non-hydrogen) atoms. The Morgan fingerprint density at radius 1 is 1.47 bits per heavy atom. The number of benzene rings is 1. The van der Waals surface area contributed by atoms with Gasteiger partial charge < -0.3 is 10.5 Å². The molecule has 1 unspecified atom stereocenters. The van der Waals surface area contributed by atoms with Crippen molar-refractivity contribution in [2.45, 2.75) is 32.9 Å². The number of hydrogen-bond acceptors (Lipinski definition) is 4. The molecular formula is C14H17FN2OS. The molecule has 102 valence electrons. The number of nitrogens with two attached hydrogens (primary N) is 1. The Hall–Kier alpha value is -1.46. The van der Waals surface area contributed by atoms with Gasteiger partial charge >= 0.3 is 0 Å². The number of rotatable bonds is 5. The van der Waals surface area contributed by atoms with Crippen LogP contribution >= 0.6 is 11.3 Å². The van der Waals surface area contributed by atoms with Crippen LogP contribution in [-0.4, -0.2) is 11.0 Å². The molecule has 0 saturated heterocycles. The molecule has 0 aliphatic rings. The number of aryl methyl sites for hydroxylation is 1. The number of halogens is 1. The molecule has 5 heteroatoms. The number of nitrogens with zero attached hydrogens (tertiary/aromatic N) is 1. The van der Waals surface area contributed by atoms with Gasteiger partial charge in [0.15, 0.2) is 11.6 Å². The number of aromatic nitrogens is 1. The van der Waals surface area contributed by atoms with Crippen molar-refractivity contribution in [3.8, 4) is 5.75 Å². The Labute approximate surface area is 116 Å². The van der Waals surface area contributed by atoms with E-state index in [1.807, 2.05) is 25.3 Å². The number of hydrogen-bond donors (Lipinski definition) is 1. The zero-order valence-electron chi connectivity index (χ0n) is 11.0. The molecular weight excluding hydrogens is 263 g/mol. The van der Waals surface area contributed by atoms with E-state index in [1.54, 1.807) is 6.07 Å². The van der Waals surface area contributed by atoms with Gasteiger partial charge in [-0.3, -0.25) is 0 Å². The molecule has 1 heterocycles. The molecule has 2 N–H and O–H groups in total. The maximum atomic E-state index is 13.8. The summed E-state index contributed by atoms with van der Waals surface area (Å²) in [4.78, 5) is 4.27. The van der Waals surface area contributed by atoms with Gasteiger partial charge in [-0.2, -0.15) is 0 Å². The van der Waals surface area contributed by atoms with Crippen molar-refractivity contribution in [2.24, 2.45) is 5.73 Å². The van der Waals surface area contributed by atoms with E-state index in [4.69, 9.17) is 10.5 Å². The summed E-state index contributed by atoms with van der Waals surface area (Å²) < 4.78 is 19.3. The maximum Gasteiger partial charge on any atom is 0.165 e. The van der Waals surface area contributed by atoms with Gasteiger partial charge in [-0.05, 0) is 38.0 Å². The van der Waals surface area contributed by atoms with E-state index >= 15 is 0 Å². The molecule has 0 aliphatic carbocycles. The Bertz CT molecular complexity index is 554. The van der Waals surface area contributed by atoms with Crippen LogP contribution in [0.1, 0.15) is 23.2 Å². The first-order chi connectivity index (χ1) is 9.04. The molecule has 0 amide bonds. The molecule has 2 aromatic rings. The van der Waals surface area contributed by atoms with Crippen molar-refractivity contribution >= 4 is 11.3 Å². The predicted molar refractivity (Wildman–Crippen MR) is 74.9 cm³/mol. The Kier molecular flexibility index (Phi) is 4.50. The highest BCUT2D eigenvalue weighted by Gasteiger charge is 2.07. The summed E-state index contributed by atoms with van der Waals surface area (Å²) in [5, 5.41) is 2.79. The lowest BCUT2D eigenvalue weighted by Crippen LogP contribution is -2.17. The summed E-state index contributed by atoms with van der Waals surface area (Å²) in [6.07, 6.45) is 0.656. The molecule has 0 radical (unpaired) electrons. The first kappa shape index (κ1) is 14.0. The van der Waals surface area contributed by atoms with E-state index < -0.39 is 0 Å². The van der Waals surface area contributed by atoms with Crippen LogP contribution in [0.4, 0.5) is 4.39 Å². The SMILES string of the molecule is Cc1csc(COc2ccc(CC(C)N)cc2F)n1. The van der Waals surface area contributed by atoms with Gasteiger partial charge in [0.25, 0.3) is 0 Å². The second-order valence-electron chi connectivity index (χ2n) is 4.62. The third-order valence-corrected chi connectivity index (χ3v) is 3.51. The average molecular weight is 280 g/mol. The minimum absolute atomic E-state index is 0.0180. The fraction of sp³-hybridized carbons (Fsp3) is 0.357. The summed E-state index contributed by atoms with van der Waals surface area (Å²) in [6, 6.07) is 4.98. The number of ether oxygens (including phenoxy) is 1. The fourth-order valence-electron chi connectivity index (χ4n) is 1.77. The Balaban J connectivity index is 2.00. The van der Waals surface area contributed by atoms with Gasteiger partial charge in [-0.1, -0.05) is 6.07 Å². The molecule has 0 saturated carbocycles. The highest BCUT2D eigenvalue weighted by molar-refractivity contribution is 7.09. The minimum atomic E-state index is -0.355. The van der Waals surface area contributed by atoms with Crippen molar-refractivity contribution in [1.29, 1.82) is 0 Å². The van der Waals surface area contributed by atoms with E-state index in [0.29, 0.717) is 13.0 Å². The molecule has 0 fully saturated rings. The summed E-state index contributed by atoms with van der Waals surface area (Å²) >= 11 is 1.51. The second-order valence-corrected chi connectivity index (χ2v) is 5.56.